The molecule has 0 aliphatic carbocycles. The van der Waals surface area contributed by atoms with Crippen LogP contribution >= 0.6 is 0 Å². The number of carbonyl (C=O) groups is 1. The van der Waals surface area contributed by atoms with E-state index in [-0.39, 0.29) is 0 Å². The lowest BCUT2D eigenvalue weighted by molar-refractivity contribution is -0.0976. The summed E-state index contributed by atoms with van der Waals surface area (Å²) in [5, 5.41) is 11.9. The van der Waals surface area contributed by atoms with Crippen LogP contribution in [0.3, 0.4) is 0 Å². The molecule has 0 saturated heterocycles. The predicted octanol–water partition coefficient (Wildman–Crippen LogP) is 1.25. The van der Waals surface area contributed by atoms with Gasteiger partial charge in [-0.15, -0.1) is 0 Å². The van der Waals surface area contributed by atoms with Gasteiger partial charge in [0.25, 0.3) is 0 Å². The molecule has 0 aromatic heterocycles. The van der Waals surface area contributed by atoms with Gasteiger partial charge in [0.2, 0.25) is 0 Å². The van der Waals surface area contributed by atoms with E-state index in [2.05, 4.69) is 5.32 Å². The Labute approximate surface area is 90.8 Å². The molecular weight excluding hydrogens is 198 g/mol. The van der Waals surface area contributed by atoms with Gasteiger partial charge in [-0.25, -0.2) is 4.79 Å². The topological polar surface area (TPSA) is 67.8 Å². The molecule has 2 N–H and O–H groups in total. The van der Waals surface area contributed by atoms with Crippen LogP contribution in [-0.4, -0.2) is 36.2 Å². The Morgan fingerprint density at radius 3 is 2.33 bits per heavy atom. The SMILES string of the molecule is CC[C@H](NC(=O)OC(C)(C)C)C(O)OC. The van der Waals surface area contributed by atoms with Gasteiger partial charge >= 0.3 is 6.09 Å². The molecule has 0 aliphatic heterocycles. The second-order valence-electron chi connectivity index (χ2n) is 4.29. The first-order valence-electron chi connectivity index (χ1n) is 5.00. The number of hydrogen-bond acceptors (Lipinski definition) is 4. The van der Waals surface area contributed by atoms with Gasteiger partial charge in [-0.2, -0.15) is 0 Å². The summed E-state index contributed by atoms with van der Waals surface area (Å²) in [5.74, 6) is 0. The molecule has 0 aromatic rings. The highest BCUT2D eigenvalue weighted by Gasteiger charge is 2.22. The van der Waals surface area contributed by atoms with Crippen molar-refractivity contribution in [3.05, 3.63) is 0 Å². The fraction of sp³-hybridized carbons (Fsp3) is 0.900. The van der Waals surface area contributed by atoms with Crippen LogP contribution in [0, 0.1) is 0 Å². The number of aliphatic hydroxyl groups is 1. The van der Waals surface area contributed by atoms with Gasteiger partial charge < -0.3 is 19.9 Å². The number of carbonyl (C=O) groups excluding carboxylic acids is 1. The zero-order valence-electron chi connectivity index (χ0n) is 10.0. The van der Waals surface area contributed by atoms with Crippen molar-refractivity contribution in [3.8, 4) is 0 Å². The molecule has 1 unspecified atom stereocenters. The molecule has 90 valence electrons. The van der Waals surface area contributed by atoms with E-state index >= 15 is 0 Å². The van der Waals surface area contributed by atoms with Crippen molar-refractivity contribution in [3.63, 3.8) is 0 Å². The van der Waals surface area contributed by atoms with Crippen LogP contribution in [0.5, 0.6) is 0 Å². The highest BCUT2D eigenvalue weighted by molar-refractivity contribution is 5.68. The first-order chi connectivity index (χ1) is 6.80. The molecule has 0 bridgehead atoms. The summed E-state index contributed by atoms with van der Waals surface area (Å²) in [4.78, 5) is 11.3. The van der Waals surface area contributed by atoms with Crippen molar-refractivity contribution in [2.24, 2.45) is 0 Å². The van der Waals surface area contributed by atoms with Crippen molar-refractivity contribution >= 4 is 6.09 Å². The van der Waals surface area contributed by atoms with E-state index in [4.69, 9.17) is 9.47 Å². The fourth-order valence-corrected chi connectivity index (χ4v) is 0.998. The third-order valence-corrected chi connectivity index (χ3v) is 1.73. The minimum atomic E-state index is -1.01. The molecule has 0 saturated carbocycles. The van der Waals surface area contributed by atoms with Crippen molar-refractivity contribution < 1.29 is 19.4 Å². The summed E-state index contributed by atoms with van der Waals surface area (Å²) in [6, 6.07) is -0.454. The first kappa shape index (κ1) is 14.2. The number of ether oxygens (including phenoxy) is 2. The van der Waals surface area contributed by atoms with Gasteiger partial charge in [-0.3, -0.25) is 0 Å². The predicted molar refractivity (Wildman–Crippen MR) is 56.5 cm³/mol. The average molecular weight is 219 g/mol. The number of alkyl carbamates (subject to hydrolysis) is 1. The summed E-state index contributed by atoms with van der Waals surface area (Å²) in [6.07, 6.45) is -0.998. The van der Waals surface area contributed by atoms with Gasteiger partial charge in [0.15, 0.2) is 6.29 Å². The minimum Gasteiger partial charge on any atom is -0.444 e. The van der Waals surface area contributed by atoms with Crippen molar-refractivity contribution in [2.45, 2.75) is 52.0 Å². The van der Waals surface area contributed by atoms with Crippen molar-refractivity contribution in [1.29, 1.82) is 0 Å². The normalized spacial score (nSPS) is 15.6. The Morgan fingerprint density at radius 2 is 2.00 bits per heavy atom. The summed E-state index contributed by atoms with van der Waals surface area (Å²) in [5.41, 5.74) is -0.541. The Hall–Kier alpha value is -0.810. The quantitative estimate of drug-likeness (QED) is 0.698. The number of hydrogen-bond donors (Lipinski definition) is 2. The van der Waals surface area contributed by atoms with E-state index in [1.165, 1.54) is 7.11 Å². The molecule has 15 heavy (non-hydrogen) atoms. The van der Waals surface area contributed by atoms with Gasteiger partial charge in [0.05, 0.1) is 6.04 Å². The third-order valence-electron chi connectivity index (χ3n) is 1.73. The maximum Gasteiger partial charge on any atom is 0.408 e. The zero-order valence-corrected chi connectivity index (χ0v) is 10.0. The smallest absolute Gasteiger partial charge is 0.408 e. The van der Waals surface area contributed by atoms with Gasteiger partial charge in [-0.05, 0) is 27.2 Å². The number of amides is 1. The second kappa shape index (κ2) is 5.92. The van der Waals surface area contributed by atoms with Crippen LogP contribution in [0.25, 0.3) is 0 Å². The maximum absolute atomic E-state index is 11.3. The Morgan fingerprint density at radius 1 is 1.47 bits per heavy atom. The van der Waals surface area contributed by atoms with Crippen LogP contribution in [0.2, 0.25) is 0 Å². The largest absolute Gasteiger partial charge is 0.444 e. The fourth-order valence-electron chi connectivity index (χ4n) is 0.998. The second-order valence-corrected chi connectivity index (χ2v) is 4.29. The average Bonchev–Trinajstić information content (AvgIpc) is 2.10. The number of nitrogens with one attached hydrogen (secondary N) is 1. The van der Waals surface area contributed by atoms with E-state index in [9.17, 15) is 9.90 Å². The molecule has 0 radical (unpaired) electrons. The standard InChI is InChI=1S/C10H21NO4/c1-6-7(8(12)14-5)11-9(13)15-10(2,3)4/h7-8,12H,6H2,1-5H3,(H,11,13)/t7-,8?/m0/s1. The van der Waals surface area contributed by atoms with E-state index in [0.717, 1.165) is 0 Å². The lowest BCUT2D eigenvalue weighted by atomic mass is 10.2. The zero-order chi connectivity index (χ0) is 12.1. The Bertz CT molecular complexity index is 200. The molecule has 0 fully saturated rings. The molecule has 5 heteroatoms. The highest BCUT2D eigenvalue weighted by Crippen LogP contribution is 2.08. The molecule has 0 spiro atoms. The Balaban J connectivity index is 4.13. The van der Waals surface area contributed by atoms with Gasteiger partial charge in [0.1, 0.15) is 5.60 Å². The van der Waals surface area contributed by atoms with Gasteiger partial charge in [-0.1, -0.05) is 6.92 Å². The lowest BCUT2D eigenvalue weighted by Gasteiger charge is -2.25. The molecule has 0 aromatic carbocycles. The summed E-state index contributed by atoms with van der Waals surface area (Å²) < 4.78 is 9.77. The number of methoxy groups -OCH3 is 1. The number of rotatable bonds is 4. The van der Waals surface area contributed by atoms with E-state index in [0.29, 0.717) is 6.42 Å². The third kappa shape index (κ3) is 6.30. The number of aliphatic hydroxyl groups excluding tert-OH is 1. The van der Waals surface area contributed by atoms with Crippen LogP contribution in [0.4, 0.5) is 4.79 Å². The summed E-state index contributed by atoms with van der Waals surface area (Å²) in [7, 11) is 1.38. The van der Waals surface area contributed by atoms with Crippen LogP contribution in [0.1, 0.15) is 34.1 Å². The van der Waals surface area contributed by atoms with Crippen molar-refractivity contribution in [1.82, 2.24) is 5.32 Å². The lowest BCUT2D eigenvalue weighted by Crippen LogP contribution is -2.45. The molecule has 5 nitrogen and oxygen atoms in total. The first-order valence-corrected chi connectivity index (χ1v) is 5.00. The highest BCUT2D eigenvalue weighted by atomic mass is 16.6. The summed E-state index contributed by atoms with van der Waals surface area (Å²) >= 11 is 0. The van der Waals surface area contributed by atoms with Crippen LogP contribution in [-0.2, 0) is 9.47 Å². The minimum absolute atomic E-state index is 0.454. The monoisotopic (exact) mass is 219 g/mol. The summed E-state index contributed by atoms with van der Waals surface area (Å²) in [6.45, 7) is 7.17. The van der Waals surface area contributed by atoms with E-state index in [1.54, 1.807) is 20.8 Å². The van der Waals surface area contributed by atoms with E-state index < -0.39 is 24.0 Å². The maximum atomic E-state index is 11.3. The molecule has 0 heterocycles. The molecule has 0 rings (SSSR count). The molecule has 2 atom stereocenters. The van der Waals surface area contributed by atoms with Gasteiger partial charge in [0, 0.05) is 7.11 Å². The van der Waals surface area contributed by atoms with Crippen LogP contribution < -0.4 is 5.32 Å². The molecule has 0 aliphatic rings. The van der Waals surface area contributed by atoms with Crippen LogP contribution in [0.15, 0.2) is 0 Å². The van der Waals surface area contributed by atoms with E-state index in [1.807, 2.05) is 6.92 Å². The van der Waals surface area contributed by atoms with Crippen molar-refractivity contribution in [2.75, 3.05) is 7.11 Å². The Kier molecular flexibility index (Phi) is 5.60. The molecule has 1 amide bonds. The molecular formula is C10H21NO4.